The number of nitrogens with two attached hydrogens (primary N) is 1. The van der Waals surface area contributed by atoms with E-state index in [-0.39, 0.29) is 0 Å². The Kier molecular flexibility index (Phi) is 1.83. The Hall–Kier alpha value is -0.603. The lowest BCUT2D eigenvalue weighted by molar-refractivity contribution is 1.75. The monoisotopic (exact) mass is 121 g/mol. The van der Waals surface area contributed by atoms with Crippen LogP contribution in [0, 0.1) is 0 Å². The van der Waals surface area contributed by atoms with Gasteiger partial charge in [-0.15, -0.1) is 0 Å². The molecule has 0 bridgehead atoms. The summed E-state index contributed by atoms with van der Waals surface area (Å²) in [7, 11) is 0.430. The van der Waals surface area contributed by atoms with E-state index in [2.05, 4.69) is 0 Å². The molecule has 0 fully saturated rings. The molecule has 2 heteroatoms. The number of rotatable bonds is 1. The quantitative estimate of drug-likeness (QED) is 0.515. The van der Waals surface area contributed by atoms with Gasteiger partial charge in [-0.1, -0.05) is 30.3 Å². The summed E-state index contributed by atoms with van der Waals surface area (Å²) in [5.41, 5.74) is 0. The second-order valence-electron chi connectivity index (χ2n) is 1.51. The molecule has 0 heterocycles. The van der Waals surface area contributed by atoms with Crippen molar-refractivity contribution < 1.29 is 0 Å². The Labute approximate surface area is 51.4 Å². The number of hydrogen-bond donors (Lipinski definition) is 1. The Morgan fingerprint density at radius 1 is 1.12 bits per heavy atom. The van der Waals surface area contributed by atoms with Gasteiger partial charge in [-0.2, -0.15) is 0 Å². The summed E-state index contributed by atoms with van der Waals surface area (Å²) >= 11 is 0. The van der Waals surface area contributed by atoms with Crippen molar-refractivity contribution in [2.45, 2.75) is 0 Å². The maximum atomic E-state index is 5.38. The van der Waals surface area contributed by atoms with Gasteiger partial charge in [-0.25, -0.2) is 0 Å². The van der Waals surface area contributed by atoms with Gasteiger partial charge < -0.3 is 5.40 Å². The van der Waals surface area contributed by atoms with E-state index < -0.39 is 0 Å². The maximum absolute atomic E-state index is 5.38. The molecule has 2 radical (unpaired) electrons. The minimum atomic E-state index is 0.430. The van der Waals surface area contributed by atoms with Gasteiger partial charge in [0.1, 0.15) is 0 Å². The van der Waals surface area contributed by atoms with E-state index in [0.717, 1.165) is 0 Å². The zero-order chi connectivity index (χ0) is 5.82. The number of benzene rings is 1. The molecule has 0 aliphatic carbocycles. The van der Waals surface area contributed by atoms with Gasteiger partial charge in [0.05, 0.1) is 0 Å². The Morgan fingerprint density at radius 3 is 2.12 bits per heavy atom. The first-order valence-corrected chi connectivity index (χ1v) is 3.53. The van der Waals surface area contributed by atoms with Crippen LogP contribution in [-0.2, 0) is 0 Å². The minimum absolute atomic E-state index is 0.430. The lowest BCUT2D eigenvalue weighted by atomic mass is 10.4. The Bertz CT molecular complexity index is 150. The predicted molar refractivity (Wildman–Crippen MR) is 36.0 cm³/mol. The standard InChI is InChI=1S/C6H7NSi/c7-8-6-4-2-1-3-5-6/h1-5H,7H2. The average molecular weight is 121 g/mol. The van der Waals surface area contributed by atoms with E-state index in [1.54, 1.807) is 0 Å². The molecule has 2 N–H and O–H groups in total. The number of hydrogen-bond acceptors (Lipinski definition) is 1. The fourth-order valence-corrected chi connectivity index (χ4v) is 0.919. The van der Waals surface area contributed by atoms with Gasteiger partial charge in [0.15, 0.2) is 9.68 Å². The van der Waals surface area contributed by atoms with Gasteiger partial charge in [0.2, 0.25) is 0 Å². The molecule has 1 rings (SSSR count). The maximum Gasteiger partial charge on any atom is 0.176 e. The molecule has 0 saturated carbocycles. The highest BCUT2D eigenvalue weighted by Gasteiger charge is 1.82. The molecule has 0 aliphatic rings. The first kappa shape index (κ1) is 5.53. The summed E-state index contributed by atoms with van der Waals surface area (Å²) < 4.78 is 0. The first-order valence-electron chi connectivity index (χ1n) is 2.45. The third kappa shape index (κ3) is 1.18. The highest BCUT2D eigenvalue weighted by Crippen LogP contribution is 1.77. The molecule has 0 atom stereocenters. The van der Waals surface area contributed by atoms with Crippen LogP contribution in [-0.4, -0.2) is 9.68 Å². The molecular weight excluding hydrogens is 114 g/mol. The van der Waals surface area contributed by atoms with Crippen LogP contribution in [0.15, 0.2) is 30.3 Å². The topological polar surface area (TPSA) is 26.0 Å². The molecule has 40 valence electrons. The second-order valence-corrected chi connectivity index (χ2v) is 2.38. The molecule has 0 spiro atoms. The van der Waals surface area contributed by atoms with Crippen LogP contribution in [0.4, 0.5) is 0 Å². The molecule has 0 unspecified atom stereocenters. The van der Waals surface area contributed by atoms with Crippen molar-refractivity contribution in [1.82, 2.24) is 0 Å². The smallest absolute Gasteiger partial charge is 0.176 e. The fourth-order valence-electron chi connectivity index (χ4n) is 0.534. The summed E-state index contributed by atoms with van der Waals surface area (Å²) in [4.78, 5) is 0. The molecule has 1 aromatic carbocycles. The van der Waals surface area contributed by atoms with Gasteiger partial charge in [-0.3, -0.25) is 0 Å². The van der Waals surface area contributed by atoms with E-state index in [1.165, 1.54) is 5.19 Å². The fraction of sp³-hybridized carbons (Fsp3) is 0. The summed E-state index contributed by atoms with van der Waals surface area (Å²) in [6.07, 6.45) is 0. The van der Waals surface area contributed by atoms with Gasteiger partial charge in [-0.05, 0) is 5.19 Å². The van der Waals surface area contributed by atoms with Crippen LogP contribution in [0.3, 0.4) is 0 Å². The van der Waals surface area contributed by atoms with Crippen molar-refractivity contribution in [2.24, 2.45) is 5.40 Å². The zero-order valence-electron chi connectivity index (χ0n) is 4.46. The van der Waals surface area contributed by atoms with Crippen LogP contribution >= 0.6 is 0 Å². The molecule has 0 aliphatic heterocycles. The van der Waals surface area contributed by atoms with Gasteiger partial charge in [0, 0.05) is 0 Å². The highest BCUT2D eigenvalue weighted by atomic mass is 28.2. The Balaban J connectivity index is 2.83. The van der Waals surface area contributed by atoms with Crippen molar-refractivity contribution in [2.75, 3.05) is 0 Å². The Morgan fingerprint density at radius 2 is 1.75 bits per heavy atom. The van der Waals surface area contributed by atoms with E-state index in [1.807, 2.05) is 30.3 Å². The molecule has 0 saturated heterocycles. The van der Waals surface area contributed by atoms with Crippen molar-refractivity contribution in [1.29, 1.82) is 0 Å². The van der Waals surface area contributed by atoms with Gasteiger partial charge in [0.25, 0.3) is 0 Å². The third-order valence-electron chi connectivity index (χ3n) is 0.940. The SMILES string of the molecule is N[Si]c1ccccc1. The summed E-state index contributed by atoms with van der Waals surface area (Å²) in [6.45, 7) is 0. The lowest BCUT2D eigenvalue weighted by Crippen LogP contribution is -2.21. The minimum Gasteiger partial charge on any atom is -0.349 e. The van der Waals surface area contributed by atoms with E-state index in [4.69, 9.17) is 5.40 Å². The summed E-state index contributed by atoms with van der Waals surface area (Å²) in [5.74, 6) is 0. The zero-order valence-corrected chi connectivity index (χ0v) is 5.46. The largest absolute Gasteiger partial charge is 0.349 e. The molecule has 1 aromatic rings. The lowest BCUT2D eigenvalue weighted by Gasteiger charge is -1.88. The highest BCUT2D eigenvalue weighted by molar-refractivity contribution is 6.49. The van der Waals surface area contributed by atoms with Crippen molar-refractivity contribution >= 4 is 14.9 Å². The van der Waals surface area contributed by atoms with Crippen LogP contribution in [0.5, 0.6) is 0 Å². The van der Waals surface area contributed by atoms with Crippen LogP contribution in [0.2, 0.25) is 0 Å². The molecule has 0 amide bonds. The second kappa shape index (κ2) is 2.64. The van der Waals surface area contributed by atoms with Crippen molar-refractivity contribution in [3.8, 4) is 0 Å². The average Bonchev–Trinajstić information content (AvgIpc) is 1.90. The summed E-state index contributed by atoms with van der Waals surface area (Å²) in [5, 5.41) is 6.59. The van der Waals surface area contributed by atoms with Crippen molar-refractivity contribution in [3.63, 3.8) is 0 Å². The van der Waals surface area contributed by atoms with Crippen LogP contribution in [0.1, 0.15) is 0 Å². The van der Waals surface area contributed by atoms with E-state index in [0.29, 0.717) is 9.68 Å². The normalized spacial score (nSPS) is 9.12. The van der Waals surface area contributed by atoms with E-state index in [9.17, 15) is 0 Å². The van der Waals surface area contributed by atoms with E-state index >= 15 is 0 Å². The predicted octanol–water partition coefficient (Wildman–Crippen LogP) is -0.110. The van der Waals surface area contributed by atoms with Crippen LogP contribution in [0.25, 0.3) is 0 Å². The third-order valence-corrected chi connectivity index (χ3v) is 1.61. The molecule has 0 aromatic heterocycles. The molecular formula is C6H7NSi. The van der Waals surface area contributed by atoms with Crippen LogP contribution < -0.4 is 10.6 Å². The van der Waals surface area contributed by atoms with Gasteiger partial charge >= 0.3 is 0 Å². The first-order chi connectivity index (χ1) is 3.93. The van der Waals surface area contributed by atoms with Crippen molar-refractivity contribution in [3.05, 3.63) is 30.3 Å². The molecule has 1 nitrogen and oxygen atoms in total. The summed E-state index contributed by atoms with van der Waals surface area (Å²) in [6, 6.07) is 10.0. The molecule has 8 heavy (non-hydrogen) atoms.